The van der Waals surface area contributed by atoms with Gasteiger partial charge >= 0.3 is 19.8 Å². The summed E-state index contributed by atoms with van der Waals surface area (Å²) in [4.78, 5) is 34.5. The highest BCUT2D eigenvalue weighted by Crippen LogP contribution is 2.43. The van der Waals surface area contributed by atoms with Gasteiger partial charge in [-0.05, 0) is 12.8 Å². The number of carbonyl (C=O) groups excluding carboxylic acids is 2. The molecular formula is C41H81O10P. The summed E-state index contributed by atoms with van der Waals surface area (Å²) in [5.74, 6) is -1.01. The van der Waals surface area contributed by atoms with Crippen LogP contribution in [0.5, 0.6) is 0 Å². The van der Waals surface area contributed by atoms with E-state index in [1.54, 1.807) is 0 Å². The van der Waals surface area contributed by atoms with Crippen LogP contribution in [0, 0.1) is 0 Å². The Bertz CT molecular complexity index is 842. The molecule has 3 atom stereocenters. The highest BCUT2D eigenvalue weighted by molar-refractivity contribution is 7.47. The van der Waals surface area contributed by atoms with Gasteiger partial charge in [0, 0.05) is 12.8 Å². The molecule has 0 aliphatic heterocycles. The van der Waals surface area contributed by atoms with Gasteiger partial charge in [0.2, 0.25) is 0 Å². The van der Waals surface area contributed by atoms with Crippen LogP contribution in [-0.4, -0.2) is 65.7 Å². The summed E-state index contributed by atoms with van der Waals surface area (Å²) in [6.07, 6.45) is 33.6. The van der Waals surface area contributed by atoms with Crippen LogP contribution >= 0.6 is 7.82 Å². The third-order valence-corrected chi connectivity index (χ3v) is 10.5. The summed E-state index contributed by atoms with van der Waals surface area (Å²) < 4.78 is 32.5. The molecule has 0 spiro atoms. The zero-order valence-electron chi connectivity index (χ0n) is 33.6. The molecule has 0 rings (SSSR count). The van der Waals surface area contributed by atoms with Crippen molar-refractivity contribution in [3.05, 3.63) is 0 Å². The maximum absolute atomic E-state index is 12.3. The Kier molecular flexibility index (Phi) is 37.5. The molecule has 0 aliphatic rings. The number of unbranched alkanes of at least 4 members (excludes halogenated alkanes) is 27. The minimum Gasteiger partial charge on any atom is -0.457 e. The van der Waals surface area contributed by atoms with Crippen LogP contribution in [0.3, 0.4) is 0 Å². The SMILES string of the molecule is CCCCCCCCCCCCCCCCCC(=O)OC(CO)COP(=O)(O)OCC(CO)OC(=O)CCCCCCCCCCCCCCCC. The molecule has 0 radical (unpaired) electrons. The lowest BCUT2D eigenvalue weighted by atomic mass is 10.0. The maximum atomic E-state index is 12.3. The Hall–Kier alpha value is -1.03. The number of ether oxygens (including phenoxy) is 2. The van der Waals surface area contributed by atoms with Crippen molar-refractivity contribution in [2.24, 2.45) is 0 Å². The standard InChI is InChI=1S/C41H81O10P/c1-3-5-7-9-11-13-15-17-19-21-23-25-27-29-31-33-41(45)51-39(35-43)37-49-52(46,47)48-36-38(34-42)50-40(44)32-30-28-26-24-22-20-18-16-14-12-10-8-6-4-2/h38-39,42-43H,3-37H2,1-2H3,(H,46,47). The number of hydrogen-bond acceptors (Lipinski definition) is 9. The second kappa shape index (κ2) is 38.3. The number of carbonyl (C=O) groups is 2. The highest BCUT2D eigenvalue weighted by Gasteiger charge is 2.27. The largest absolute Gasteiger partial charge is 0.472 e. The topological polar surface area (TPSA) is 149 Å². The zero-order valence-corrected chi connectivity index (χ0v) is 34.4. The summed E-state index contributed by atoms with van der Waals surface area (Å²) in [7, 11) is -4.62. The van der Waals surface area contributed by atoms with Crippen LogP contribution in [0.25, 0.3) is 0 Å². The predicted octanol–water partition coefficient (Wildman–Crippen LogP) is 11.1. The molecule has 0 aromatic rings. The van der Waals surface area contributed by atoms with Crippen molar-refractivity contribution < 1.29 is 47.8 Å². The quantitative estimate of drug-likeness (QED) is 0.0312. The normalized spacial score (nSPS) is 13.9. The van der Waals surface area contributed by atoms with E-state index in [0.29, 0.717) is 12.8 Å². The molecule has 0 fully saturated rings. The van der Waals surface area contributed by atoms with Crippen molar-refractivity contribution >= 4 is 19.8 Å². The third-order valence-electron chi connectivity index (χ3n) is 9.57. The Morgan fingerprint density at radius 3 is 0.904 bits per heavy atom. The summed E-state index contributed by atoms with van der Waals surface area (Å²) in [5.41, 5.74) is 0. The molecule has 52 heavy (non-hydrogen) atoms. The average molecular weight is 765 g/mol. The first-order valence-electron chi connectivity index (χ1n) is 21.5. The van der Waals surface area contributed by atoms with Crippen LogP contribution in [0.15, 0.2) is 0 Å². The number of aliphatic hydroxyl groups excluding tert-OH is 2. The molecule has 3 unspecified atom stereocenters. The lowest BCUT2D eigenvalue weighted by Gasteiger charge is -2.20. The van der Waals surface area contributed by atoms with Gasteiger partial charge in [0.15, 0.2) is 0 Å². The van der Waals surface area contributed by atoms with Crippen LogP contribution < -0.4 is 0 Å². The number of esters is 2. The van der Waals surface area contributed by atoms with E-state index in [4.69, 9.17) is 18.5 Å². The molecule has 310 valence electrons. The summed E-state index contributed by atoms with van der Waals surface area (Å²) >= 11 is 0. The molecule has 11 heteroatoms. The Morgan fingerprint density at radius 1 is 0.442 bits per heavy atom. The fraction of sp³-hybridized carbons (Fsp3) is 0.951. The second-order valence-electron chi connectivity index (χ2n) is 14.7. The maximum Gasteiger partial charge on any atom is 0.472 e. The fourth-order valence-electron chi connectivity index (χ4n) is 6.23. The van der Waals surface area contributed by atoms with E-state index in [1.165, 1.54) is 135 Å². The van der Waals surface area contributed by atoms with Gasteiger partial charge in [0.05, 0.1) is 26.4 Å². The van der Waals surface area contributed by atoms with Crippen LogP contribution in [-0.2, 0) is 32.7 Å². The van der Waals surface area contributed by atoms with E-state index in [1.807, 2.05) is 0 Å². The minimum absolute atomic E-state index is 0.199. The Labute approximate surface area is 318 Å². The van der Waals surface area contributed by atoms with Gasteiger partial charge in [0.25, 0.3) is 0 Å². The van der Waals surface area contributed by atoms with Gasteiger partial charge in [-0.25, -0.2) is 4.57 Å². The van der Waals surface area contributed by atoms with Gasteiger partial charge < -0.3 is 24.6 Å². The number of rotatable bonds is 41. The average Bonchev–Trinajstić information content (AvgIpc) is 3.13. The van der Waals surface area contributed by atoms with Gasteiger partial charge in [-0.3, -0.25) is 18.6 Å². The zero-order chi connectivity index (χ0) is 38.4. The molecule has 0 aromatic carbocycles. The molecular weight excluding hydrogens is 683 g/mol. The lowest BCUT2D eigenvalue weighted by molar-refractivity contribution is -0.153. The Balaban J connectivity index is 3.89. The Morgan fingerprint density at radius 2 is 0.673 bits per heavy atom. The smallest absolute Gasteiger partial charge is 0.457 e. The number of aliphatic hydroxyl groups is 2. The predicted molar refractivity (Wildman–Crippen MR) is 210 cm³/mol. The number of phosphoric acid groups is 1. The summed E-state index contributed by atoms with van der Waals surface area (Å²) in [6, 6.07) is 0. The second-order valence-corrected chi connectivity index (χ2v) is 16.1. The monoisotopic (exact) mass is 765 g/mol. The van der Waals surface area contributed by atoms with Crippen molar-refractivity contribution in [3.63, 3.8) is 0 Å². The minimum atomic E-state index is -4.62. The molecule has 0 saturated heterocycles. The number of phosphoric ester groups is 1. The molecule has 10 nitrogen and oxygen atoms in total. The van der Waals surface area contributed by atoms with Crippen LogP contribution in [0.2, 0.25) is 0 Å². The first kappa shape index (κ1) is 51.0. The summed E-state index contributed by atoms with van der Waals surface area (Å²) in [5, 5.41) is 19.1. The van der Waals surface area contributed by atoms with Crippen molar-refractivity contribution in [1.29, 1.82) is 0 Å². The lowest BCUT2D eigenvalue weighted by Crippen LogP contribution is -2.28. The van der Waals surface area contributed by atoms with E-state index >= 15 is 0 Å². The van der Waals surface area contributed by atoms with Crippen molar-refractivity contribution in [2.45, 2.75) is 225 Å². The van der Waals surface area contributed by atoms with Gasteiger partial charge in [-0.15, -0.1) is 0 Å². The molecule has 0 aliphatic carbocycles. The van der Waals surface area contributed by atoms with Gasteiger partial charge in [0.1, 0.15) is 12.2 Å². The van der Waals surface area contributed by atoms with E-state index in [0.717, 1.165) is 38.5 Å². The van der Waals surface area contributed by atoms with E-state index in [2.05, 4.69) is 13.8 Å². The van der Waals surface area contributed by atoms with E-state index in [-0.39, 0.29) is 12.8 Å². The molecule has 0 saturated carbocycles. The molecule has 0 heterocycles. The van der Waals surface area contributed by atoms with Gasteiger partial charge in [-0.1, -0.05) is 187 Å². The third kappa shape index (κ3) is 36.0. The molecule has 0 aromatic heterocycles. The van der Waals surface area contributed by atoms with Gasteiger partial charge in [-0.2, -0.15) is 0 Å². The fourth-order valence-corrected chi connectivity index (χ4v) is 7.02. The van der Waals surface area contributed by atoms with Crippen molar-refractivity contribution in [3.8, 4) is 0 Å². The summed E-state index contributed by atoms with van der Waals surface area (Å²) in [6.45, 7) is 2.24. The van der Waals surface area contributed by atoms with E-state index < -0.39 is 58.4 Å². The first-order chi connectivity index (χ1) is 25.3. The molecule has 0 amide bonds. The highest BCUT2D eigenvalue weighted by atomic mass is 31.2. The first-order valence-corrected chi connectivity index (χ1v) is 23.0. The van der Waals surface area contributed by atoms with E-state index in [9.17, 15) is 29.3 Å². The molecule has 3 N–H and O–H groups in total. The molecule has 0 bridgehead atoms. The van der Waals surface area contributed by atoms with Crippen LogP contribution in [0.4, 0.5) is 0 Å². The number of hydrogen-bond donors (Lipinski definition) is 3. The van der Waals surface area contributed by atoms with Crippen LogP contribution in [0.1, 0.15) is 213 Å². The van der Waals surface area contributed by atoms with Crippen molar-refractivity contribution in [1.82, 2.24) is 0 Å². The van der Waals surface area contributed by atoms with Crippen molar-refractivity contribution in [2.75, 3.05) is 26.4 Å².